The standard InChI is InChI=1S/C20H23N5O/c1-2-25-17(10-11-21-25)20-22-19(23-26-20)15-13-18(14-7-4-3-5-8-14)24-12-6-9-16(15)24/h3-5,7-8,10-11,15-16,18H,2,6,9,12-13H2,1H3/t15-,16+,18-/m0/s1. The molecule has 0 unspecified atom stereocenters. The van der Waals surface area contributed by atoms with Gasteiger partial charge in [0.15, 0.2) is 5.82 Å². The largest absolute Gasteiger partial charge is 0.332 e. The second-order valence-corrected chi connectivity index (χ2v) is 7.21. The SMILES string of the molecule is CCn1nccc1-c1nc([C@H]2C[C@@H](c3ccccc3)N3CCC[C@H]23)no1. The zero-order chi connectivity index (χ0) is 17.5. The summed E-state index contributed by atoms with van der Waals surface area (Å²) in [5.41, 5.74) is 2.29. The van der Waals surface area contributed by atoms with Gasteiger partial charge < -0.3 is 4.52 Å². The lowest BCUT2D eigenvalue weighted by Crippen LogP contribution is -2.27. The van der Waals surface area contributed by atoms with E-state index in [9.17, 15) is 0 Å². The summed E-state index contributed by atoms with van der Waals surface area (Å²) in [5, 5.41) is 8.67. The normalized spacial score (nSPS) is 25.7. The first-order valence-corrected chi connectivity index (χ1v) is 9.51. The van der Waals surface area contributed by atoms with Crippen LogP contribution in [0.15, 0.2) is 47.1 Å². The van der Waals surface area contributed by atoms with E-state index in [1.54, 1.807) is 6.20 Å². The predicted octanol–water partition coefficient (Wildman–Crippen LogP) is 3.65. The first-order valence-electron chi connectivity index (χ1n) is 9.51. The van der Waals surface area contributed by atoms with Crippen LogP contribution in [0.3, 0.4) is 0 Å². The van der Waals surface area contributed by atoms with E-state index in [1.807, 2.05) is 10.7 Å². The molecule has 1 aromatic carbocycles. The van der Waals surface area contributed by atoms with Crippen molar-refractivity contribution in [1.82, 2.24) is 24.8 Å². The van der Waals surface area contributed by atoms with Crippen LogP contribution in [0.4, 0.5) is 0 Å². The highest BCUT2D eigenvalue weighted by molar-refractivity contribution is 5.46. The van der Waals surface area contributed by atoms with E-state index in [1.165, 1.54) is 18.4 Å². The molecule has 3 atom stereocenters. The summed E-state index contributed by atoms with van der Waals surface area (Å²) in [6, 6.07) is 13.7. The Morgan fingerprint density at radius 1 is 1.19 bits per heavy atom. The zero-order valence-corrected chi connectivity index (χ0v) is 15.0. The number of hydrogen-bond acceptors (Lipinski definition) is 5. The maximum atomic E-state index is 5.61. The van der Waals surface area contributed by atoms with E-state index in [0.717, 1.165) is 31.0 Å². The fourth-order valence-corrected chi connectivity index (χ4v) is 4.70. The van der Waals surface area contributed by atoms with Crippen LogP contribution < -0.4 is 0 Å². The lowest BCUT2D eigenvalue weighted by Gasteiger charge is -2.24. The summed E-state index contributed by atoms with van der Waals surface area (Å²) < 4.78 is 7.50. The molecule has 0 bridgehead atoms. The molecule has 2 aromatic heterocycles. The topological polar surface area (TPSA) is 60.0 Å². The third kappa shape index (κ3) is 2.48. The van der Waals surface area contributed by atoms with Crippen molar-refractivity contribution in [2.75, 3.05) is 6.54 Å². The van der Waals surface area contributed by atoms with Gasteiger partial charge in [0, 0.05) is 30.7 Å². The van der Waals surface area contributed by atoms with Gasteiger partial charge in [0.1, 0.15) is 5.69 Å². The van der Waals surface area contributed by atoms with Crippen LogP contribution in [-0.2, 0) is 6.54 Å². The van der Waals surface area contributed by atoms with Gasteiger partial charge in [0.25, 0.3) is 5.89 Å². The minimum absolute atomic E-state index is 0.332. The first kappa shape index (κ1) is 15.8. The molecule has 3 aromatic rings. The van der Waals surface area contributed by atoms with E-state index in [4.69, 9.17) is 9.51 Å². The highest BCUT2D eigenvalue weighted by atomic mass is 16.5. The molecule has 0 radical (unpaired) electrons. The van der Waals surface area contributed by atoms with Crippen LogP contribution in [0, 0.1) is 0 Å². The van der Waals surface area contributed by atoms with Crippen molar-refractivity contribution in [2.45, 2.75) is 50.7 Å². The van der Waals surface area contributed by atoms with Gasteiger partial charge in [0.2, 0.25) is 0 Å². The Balaban J connectivity index is 1.45. The second kappa shape index (κ2) is 6.36. The Hall–Kier alpha value is -2.47. The van der Waals surface area contributed by atoms with Crippen molar-refractivity contribution in [3.63, 3.8) is 0 Å². The van der Waals surface area contributed by atoms with Crippen molar-refractivity contribution < 1.29 is 4.52 Å². The molecule has 134 valence electrons. The molecule has 0 N–H and O–H groups in total. The van der Waals surface area contributed by atoms with Crippen molar-refractivity contribution in [1.29, 1.82) is 0 Å². The maximum Gasteiger partial charge on any atom is 0.276 e. The van der Waals surface area contributed by atoms with Crippen molar-refractivity contribution in [2.24, 2.45) is 0 Å². The molecular weight excluding hydrogens is 326 g/mol. The van der Waals surface area contributed by atoms with Crippen molar-refractivity contribution >= 4 is 0 Å². The lowest BCUT2D eigenvalue weighted by molar-refractivity contribution is 0.243. The summed E-state index contributed by atoms with van der Waals surface area (Å²) >= 11 is 0. The average Bonchev–Trinajstić information content (AvgIpc) is 3.44. The van der Waals surface area contributed by atoms with Gasteiger partial charge in [0.05, 0.1) is 0 Å². The van der Waals surface area contributed by atoms with Crippen LogP contribution >= 0.6 is 0 Å². The summed E-state index contributed by atoms with van der Waals surface area (Å²) in [4.78, 5) is 7.41. The molecule has 2 aliphatic rings. The Morgan fingerprint density at radius 2 is 2.08 bits per heavy atom. The Kier molecular flexibility index (Phi) is 3.85. The summed E-state index contributed by atoms with van der Waals surface area (Å²) in [6.45, 7) is 4.01. The number of hydrogen-bond donors (Lipinski definition) is 0. The summed E-state index contributed by atoms with van der Waals surface area (Å²) in [6.07, 6.45) is 5.30. The van der Waals surface area contributed by atoms with E-state index >= 15 is 0 Å². The molecular formula is C20H23N5O. The molecule has 0 aliphatic carbocycles. The van der Waals surface area contributed by atoms with E-state index in [2.05, 4.69) is 52.4 Å². The molecule has 0 saturated carbocycles. The van der Waals surface area contributed by atoms with Crippen LogP contribution in [0.5, 0.6) is 0 Å². The Bertz CT molecular complexity index is 887. The van der Waals surface area contributed by atoms with Crippen LogP contribution in [0.1, 0.15) is 49.5 Å². The quantitative estimate of drug-likeness (QED) is 0.719. The van der Waals surface area contributed by atoms with Gasteiger partial charge in [-0.2, -0.15) is 10.1 Å². The fraction of sp³-hybridized carbons (Fsp3) is 0.450. The second-order valence-electron chi connectivity index (χ2n) is 7.21. The third-order valence-corrected chi connectivity index (χ3v) is 5.88. The summed E-state index contributed by atoms with van der Waals surface area (Å²) in [7, 11) is 0. The number of nitrogens with zero attached hydrogens (tertiary/aromatic N) is 5. The first-order chi connectivity index (χ1) is 12.8. The smallest absolute Gasteiger partial charge is 0.276 e. The molecule has 0 amide bonds. The lowest BCUT2D eigenvalue weighted by atomic mass is 9.94. The zero-order valence-electron chi connectivity index (χ0n) is 15.0. The van der Waals surface area contributed by atoms with E-state index in [0.29, 0.717) is 23.9 Å². The average molecular weight is 349 g/mol. The van der Waals surface area contributed by atoms with E-state index < -0.39 is 0 Å². The van der Waals surface area contributed by atoms with Crippen LogP contribution in [0.25, 0.3) is 11.6 Å². The summed E-state index contributed by atoms with van der Waals surface area (Å²) in [5.74, 6) is 1.75. The number of rotatable bonds is 4. The Morgan fingerprint density at radius 3 is 2.92 bits per heavy atom. The van der Waals surface area contributed by atoms with Gasteiger partial charge in [-0.05, 0) is 44.4 Å². The Labute approximate surface area is 152 Å². The third-order valence-electron chi connectivity index (χ3n) is 5.88. The molecule has 2 saturated heterocycles. The minimum Gasteiger partial charge on any atom is -0.332 e. The van der Waals surface area contributed by atoms with Gasteiger partial charge in [-0.1, -0.05) is 35.5 Å². The predicted molar refractivity (Wildman–Crippen MR) is 97.5 cm³/mol. The maximum absolute atomic E-state index is 5.61. The van der Waals surface area contributed by atoms with Gasteiger partial charge in [-0.15, -0.1) is 0 Å². The van der Waals surface area contributed by atoms with Gasteiger partial charge in [-0.25, -0.2) is 0 Å². The number of aryl methyl sites for hydroxylation is 1. The monoisotopic (exact) mass is 349 g/mol. The van der Waals surface area contributed by atoms with Crippen LogP contribution in [0.2, 0.25) is 0 Å². The van der Waals surface area contributed by atoms with E-state index in [-0.39, 0.29) is 0 Å². The molecule has 0 spiro atoms. The molecule has 2 fully saturated rings. The molecule has 6 nitrogen and oxygen atoms in total. The van der Waals surface area contributed by atoms with Gasteiger partial charge in [-0.3, -0.25) is 9.58 Å². The van der Waals surface area contributed by atoms with Gasteiger partial charge >= 0.3 is 0 Å². The molecule has 4 heterocycles. The molecule has 26 heavy (non-hydrogen) atoms. The number of aromatic nitrogens is 4. The van der Waals surface area contributed by atoms with Crippen molar-refractivity contribution in [3.8, 4) is 11.6 Å². The van der Waals surface area contributed by atoms with Crippen molar-refractivity contribution in [3.05, 3.63) is 54.0 Å². The minimum atomic E-state index is 0.332. The molecule has 5 rings (SSSR count). The number of benzene rings is 1. The fourth-order valence-electron chi connectivity index (χ4n) is 4.70. The highest BCUT2D eigenvalue weighted by Gasteiger charge is 2.46. The molecule has 6 heteroatoms. The number of fused-ring (bicyclic) bond motifs is 1. The van der Waals surface area contributed by atoms with Crippen LogP contribution in [-0.4, -0.2) is 37.4 Å². The highest BCUT2D eigenvalue weighted by Crippen LogP contribution is 2.48. The molecule has 2 aliphatic heterocycles.